The standard InChI is InChI=1S/C7H11N/c8-7-5-3-1-2-4-6(5)7/h1,3,5-7H,2,4,8H2/t5-,6+,7+/m1/s1. The average molecular weight is 109 g/mol. The Bertz CT molecular complexity index is 128. The predicted octanol–water partition coefficient (Wildman–Crippen LogP) is 0.910. The number of allylic oxidation sites excluding steroid dienone is 1. The van der Waals surface area contributed by atoms with Crippen LogP contribution < -0.4 is 5.73 Å². The van der Waals surface area contributed by atoms with Gasteiger partial charge in [-0.2, -0.15) is 0 Å². The van der Waals surface area contributed by atoms with Gasteiger partial charge in [0.05, 0.1) is 0 Å². The Balaban J connectivity index is 2.12. The Kier molecular flexibility index (Phi) is 0.770. The minimum absolute atomic E-state index is 0.522. The summed E-state index contributed by atoms with van der Waals surface area (Å²) in [5, 5.41) is 0. The minimum atomic E-state index is 0.522. The summed E-state index contributed by atoms with van der Waals surface area (Å²) in [5.74, 6) is 1.63. The topological polar surface area (TPSA) is 26.0 Å². The zero-order valence-corrected chi connectivity index (χ0v) is 4.88. The molecule has 0 unspecified atom stereocenters. The van der Waals surface area contributed by atoms with E-state index in [1.165, 1.54) is 12.8 Å². The van der Waals surface area contributed by atoms with Crippen LogP contribution >= 0.6 is 0 Å². The molecule has 8 heavy (non-hydrogen) atoms. The third kappa shape index (κ3) is 0.451. The van der Waals surface area contributed by atoms with Crippen molar-refractivity contribution < 1.29 is 0 Å². The van der Waals surface area contributed by atoms with E-state index in [9.17, 15) is 0 Å². The minimum Gasteiger partial charge on any atom is -0.327 e. The lowest BCUT2D eigenvalue weighted by molar-refractivity contribution is 0.673. The van der Waals surface area contributed by atoms with Crippen molar-refractivity contribution in [2.45, 2.75) is 18.9 Å². The van der Waals surface area contributed by atoms with Crippen LogP contribution in [-0.2, 0) is 0 Å². The lowest BCUT2D eigenvalue weighted by atomic mass is 10.1. The summed E-state index contributed by atoms with van der Waals surface area (Å²) in [5.41, 5.74) is 5.72. The first kappa shape index (κ1) is 4.57. The predicted molar refractivity (Wildman–Crippen MR) is 33.3 cm³/mol. The van der Waals surface area contributed by atoms with Crippen LogP contribution in [-0.4, -0.2) is 6.04 Å². The highest BCUT2D eigenvalue weighted by Gasteiger charge is 2.45. The summed E-state index contributed by atoms with van der Waals surface area (Å²) in [6.45, 7) is 0. The smallest absolute Gasteiger partial charge is 0.0140 e. The molecule has 0 saturated heterocycles. The van der Waals surface area contributed by atoms with E-state index in [1.54, 1.807) is 0 Å². The first-order chi connectivity index (χ1) is 3.89. The first-order valence-electron chi connectivity index (χ1n) is 3.32. The highest BCUT2D eigenvalue weighted by Crippen LogP contribution is 2.44. The van der Waals surface area contributed by atoms with Crippen LogP contribution in [0.3, 0.4) is 0 Å². The van der Waals surface area contributed by atoms with Gasteiger partial charge in [-0.3, -0.25) is 0 Å². The van der Waals surface area contributed by atoms with E-state index < -0.39 is 0 Å². The van der Waals surface area contributed by atoms with Gasteiger partial charge in [-0.05, 0) is 24.7 Å². The van der Waals surface area contributed by atoms with Crippen molar-refractivity contribution in [2.75, 3.05) is 0 Å². The van der Waals surface area contributed by atoms with Crippen LogP contribution in [0, 0.1) is 11.8 Å². The maximum Gasteiger partial charge on any atom is 0.0140 e. The molecule has 0 heterocycles. The van der Waals surface area contributed by atoms with Crippen molar-refractivity contribution in [2.24, 2.45) is 17.6 Å². The summed E-state index contributed by atoms with van der Waals surface area (Å²) >= 11 is 0. The molecule has 0 amide bonds. The van der Waals surface area contributed by atoms with E-state index in [0.29, 0.717) is 6.04 Å². The molecule has 0 radical (unpaired) electrons. The Morgan fingerprint density at radius 2 is 2.38 bits per heavy atom. The fraction of sp³-hybridized carbons (Fsp3) is 0.714. The monoisotopic (exact) mass is 109 g/mol. The molecule has 0 aromatic rings. The summed E-state index contributed by atoms with van der Waals surface area (Å²) in [4.78, 5) is 0. The number of hydrogen-bond acceptors (Lipinski definition) is 1. The number of rotatable bonds is 0. The largest absolute Gasteiger partial charge is 0.327 e. The molecule has 0 spiro atoms. The highest BCUT2D eigenvalue weighted by atomic mass is 14.8. The lowest BCUT2D eigenvalue weighted by Crippen LogP contribution is -2.01. The molecule has 1 nitrogen and oxygen atoms in total. The van der Waals surface area contributed by atoms with E-state index >= 15 is 0 Å². The molecule has 2 N–H and O–H groups in total. The van der Waals surface area contributed by atoms with Crippen molar-refractivity contribution in [3.8, 4) is 0 Å². The van der Waals surface area contributed by atoms with Crippen molar-refractivity contribution in [1.29, 1.82) is 0 Å². The van der Waals surface area contributed by atoms with Crippen molar-refractivity contribution in [3.63, 3.8) is 0 Å². The van der Waals surface area contributed by atoms with Gasteiger partial charge in [0.25, 0.3) is 0 Å². The van der Waals surface area contributed by atoms with Crippen LogP contribution in [0.4, 0.5) is 0 Å². The Hall–Kier alpha value is -0.300. The second-order valence-corrected chi connectivity index (χ2v) is 2.82. The summed E-state index contributed by atoms with van der Waals surface area (Å²) in [6.07, 6.45) is 7.13. The van der Waals surface area contributed by atoms with Crippen molar-refractivity contribution in [3.05, 3.63) is 12.2 Å². The van der Waals surface area contributed by atoms with Crippen LogP contribution in [0.25, 0.3) is 0 Å². The van der Waals surface area contributed by atoms with Gasteiger partial charge in [0.1, 0.15) is 0 Å². The van der Waals surface area contributed by atoms with E-state index in [-0.39, 0.29) is 0 Å². The molecule has 0 aromatic heterocycles. The molecule has 44 valence electrons. The van der Waals surface area contributed by atoms with E-state index in [1.807, 2.05) is 0 Å². The molecule has 0 bridgehead atoms. The molecule has 2 rings (SSSR count). The maximum absolute atomic E-state index is 5.72. The quantitative estimate of drug-likeness (QED) is 0.460. The summed E-state index contributed by atoms with van der Waals surface area (Å²) in [6, 6.07) is 0.522. The van der Waals surface area contributed by atoms with Gasteiger partial charge in [0.15, 0.2) is 0 Å². The number of fused-ring (bicyclic) bond motifs is 1. The lowest BCUT2D eigenvalue weighted by Gasteiger charge is -1.96. The second kappa shape index (κ2) is 1.35. The molecule has 2 aliphatic rings. The van der Waals surface area contributed by atoms with Gasteiger partial charge in [-0.25, -0.2) is 0 Å². The van der Waals surface area contributed by atoms with E-state index in [4.69, 9.17) is 5.73 Å². The van der Waals surface area contributed by atoms with Crippen LogP contribution in [0.1, 0.15) is 12.8 Å². The molecule has 3 atom stereocenters. The molecule has 1 heteroatoms. The normalized spacial score (nSPS) is 50.9. The number of nitrogens with two attached hydrogens (primary N) is 1. The van der Waals surface area contributed by atoms with Crippen molar-refractivity contribution in [1.82, 2.24) is 0 Å². The third-order valence-electron chi connectivity index (χ3n) is 2.32. The maximum atomic E-state index is 5.72. The van der Waals surface area contributed by atoms with E-state index in [2.05, 4.69) is 12.2 Å². The number of hydrogen-bond donors (Lipinski definition) is 1. The Morgan fingerprint density at radius 3 is 2.88 bits per heavy atom. The van der Waals surface area contributed by atoms with Crippen molar-refractivity contribution >= 4 is 0 Å². The molecular formula is C7H11N. The average Bonchev–Trinajstić information content (AvgIpc) is 2.46. The zero-order chi connectivity index (χ0) is 5.56. The molecule has 1 saturated carbocycles. The molecular weight excluding hydrogens is 98.1 g/mol. The van der Waals surface area contributed by atoms with Gasteiger partial charge >= 0.3 is 0 Å². The molecule has 0 aromatic carbocycles. The van der Waals surface area contributed by atoms with Gasteiger partial charge < -0.3 is 5.73 Å². The first-order valence-corrected chi connectivity index (χ1v) is 3.32. The summed E-state index contributed by atoms with van der Waals surface area (Å²) in [7, 11) is 0. The molecule has 2 aliphatic carbocycles. The fourth-order valence-electron chi connectivity index (χ4n) is 1.63. The SMILES string of the molecule is N[C@H]1[C@@H]2C=CCC[C@H]12. The van der Waals surface area contributed by atoms with Gasteiger partial charge in [0.2, 0.25) is 0 Å². The second-order valence-electron chi connectivity index (χ2n) is 2.82. The van der Waals surface area contributed by atoms with Gasteiger partial charge in [-0.1, -0.05) is 12.2 Å². The zero-order valence-electron chi connectivity index (χ0n) is 4.88. The van der Waals surface area contributed by atoms with Crippen LogP contribution in [0.5, 0.6) is 0 Å². The van der Waals surface area contributed by atoms with Gasteiger partial charge in [0, 0.05) is 6.04 Å². The third-order valence-corrected chi connectivity index (χ3v) is 2.32. The summed E-state index contributed by atoms with van der Waals surface area (Å²) < 4.78 is 0. The Labute approximate surface area is 49.6 Å². The van der Waals surface area contributed by atoms with Crippen LogP contribution in [0.2, 0.25) is 0 Å². The van der Waals surface area contributed by atoms with Gasteiger partial charge in [-0.15, -0.1) is 0 Å². The molecule has 0 aliphatic heterocycles. The molecule has 1 fully saturated rings. The van der Waals surface area contributed by atoms with Crippen LogP contribution in [0.15, 0.2) is 12.2 Å². The fourth-order valence-corrected chi connectivity index (χ4v) is 1.63. The highest BCUT2D eigenvalue weighted by molar-refractivity contribution is 5.15. The van der Waals surface area contributed by atoms with E-state index in [0.717, 1.165) is 11.8 Å². The Morgan fingerprint density at radius 1 is 1.50 bits per heavy atom.